The van der Waals surface area contributed by atoms with Crippen molar-refractivity contribution in [1.82, 2.24) is 20.2 Å². The van der Waals surface area contributed by atoms with Crippen LogP contribution in [-0.4, -0.2) is 32.1 Å². The van der Waals surface area contributed by atoms with Crippen molar-refractivity contribution in [2.75, 3.05) is 5.84 Å². The van der Waals surface area contributed by atoms with E-state index in [0.717, 1.165) is 12.8 Å². The maximum atomic E-state index is 12.4. The number of halogens is 2. The maximum Gasteiger partial charge on any atom is 0.233 e. The number of nitrogens with one attached hydrogen (secondary N) is 1. The highest BCUT2D eigenvalue weighted by atomic mass is 35.5. The number of aromatic nitrogens is 3. The van der Waals surface area contributed by atoms with E-state index in [2.05, 4.69) is 15.5 Å². The Morgan fingerprint density at radius 3 is 2.77 bits per heavy atom. The first-order valence-corrected chi connectivity index (χ1v) is 10.2. The minimum Gasteiger partial charge on any atom is -0.352 e. The summed E-state index contributed by atoms with van der Waals surface area (Å²) in [4.78, 5) is 12.4. The van der Waals surface area contributed by atoms with Crippen molar-refractivity contribution in [1.29, 1.82) is 0 Å². The van der Waals surface area contributed by atoms with E-state index in [1.54, 1.807) is 18.2 Å². The number of nitrogens with zero attached hydrogens (tertiary/aromatic N) is 3. The number of carbonyl (C=O) groups is 1. The smallest absolute Gasteiger partial charge is 0.233 e. The second-order valence-electron chi connectivity index (χ2n) is 6.40. The number of nitrogen functional groups attached to an aromatic ring is 1. The number of carbonyl (C=O) groups excluding carboxylic acids is 1. The summed E-state index contributed by atoms with van der Waals surface area (Å²) in [7, 11) is 0. The van der Waals surface area contributed by atoms with E-state index in [1.165, 1.54) is 35.7 Å². The number of nitrogens with two attached hydrogens (primary N) is 1. The Balaban J connectivity index is 1.69. The summed E-state index contributed by atoms with van der Waals surface area (Å²) in [6.07, 6.45) is 5.70. The van der Waals surface area contributed by atoms with Crippen molar-refractivity contribution in [3.63, 3.8) is 0 Å². The van der Waals surface area contributed by atoms with Crippen LogP contribution in [0.25, 0.3) is 11.4 Å². The van der Waals surface area contributed by atoms with Crippen LogP contribution in [0.1, 0.15) is 39.0 Å². The molecule has 1 fully saturated rings. The molecule has 1 aliphatic carbocycles. The van der Waals surface area contributed by atoms with Gasteiger partial charge in [0.1, 0.15) is 0 Å². The summed E-state index contributed by atoms with van der Waals surface area (Å²) in [5, 5.41) is 12.5. The van der Waals surface area contributed by atoms with Gasteiger partial charge in [-0.1, -0.05) is 54.2 Å². The van der Waals surface area contributed by atoms with E-state index in [-0.39, 0.29) is 17.2 Å². The highest BCUT2D eigenvalue weighted by Crippen LogP contribution is 2.31. The highest BCUT2D eigenvalue weighted by Gasteiger charge is 2.23. The molecule has 0 radical (unpaired) electrons. The molecule has 1 atom stereocenters. The summed E-state index contributed by atoms with van der Waals surface area (Å²) in [5.74, 6) is 6.52. The predicted molar refractivity (Wildman–Crippen MR) is 106 cm³/mol. The second kappa shape index (κ2) is 8.50. The number of rotatable bonds is 5. The molecule has 3 N–H and O–H groups in total. The summed E-state index contributed by atoms with van der Waals surface area (Å²) >= 11 is 13.5. The van der Waals surface area contributed by atoms with Gasteiger partial charge >= 0.3 is 0 Å². The SMILES string of the molecule is CC(Sc1nnc(-c2cc(Cl)ccc2Cl)n1N)C(=O)NC1CCCCC1. The molecular formula is C17H21Cl2N5OS. The first-order chi connectivity index (χ1) is 12.5. The van der Waals surface area contributed by atoms with Gasteiger partial charge < -0.3 is 11.2 Å². The summed E-state index contributed by atoms with van der Waals surface area (Å²) in [6, 6.07) is 5.33. The molecule has 26 heavy (non-hydrogen) atoms. The van der Waals surface area contributed by atoms with Crippen LogP contribution in [0.2, 0.25) is 10.0 Å². The van der Waals surface area contributed by atoms with Gasteiger partial charge in [-0.25, -0.2) is 4.68 Å². The first-order valence-electron chi connectivity index (χ1n) is 8.58. The molecule has 1 unspecified atom stereocenters. The largest absolute Gasteiger partial charge is 0.352 e. The third-order valence-corrected chi connectivity index (χ3v) is 6.06. The standard InChI is InChI=1S/C17H21Cl2N5OS/c1-10(16(25)21-12-5-3-2-4-6-12)26-17-23-22-15(24(17)20)13-9-11(18)7-8-14(13)19/h7-10,12H,2-6,20H2,1H3,(H,21,25). The van der Waals surface area contributed by atoms with Crippen molar-refractivity contribution in [3.05, 3.63) is 28.2 Å². The molecule has 2 aromatic rings. The van der Waals surface area contributed by atoms with Gasteiger partial charge in [0.25, 0.3) is 0 Å². The third-order valence-electron chi connectivity index (χ3n) is 4.44. The molecule has 1 amide bonds. The molecule has 0 saturated heterocycles. The molecular weight excluding hydrogens is 393 g/mol. The topological polar surface area (TPSA) is 85.8 Å². The average Bonchev–Trinajstić information content (AvgIpc) is 2.98. The number of benzene rings is 1. The lowest BCUT2D eigenvalue weighted by atomic mass is 9.95. The Kier molecular flexibility index (Phi) is 6.32. The lowest BCUT2D eigenvalue weighted by Gasteiger charge is -2.24. The molecule has 0 spiro atoms. The Bertz CT molecular complexity index is 791. The van der Waals surface area contributed by atoms with E-state index >= 15 is 0 Å². The van der Waals surface area contributed by atoms with Crippen LogP contribution in [0.4, 0.5) is 0 Å². The molecule has 0 bridgehead atoms. The van der Waals surface area contributed by atoms with E-state index < -0.39 is 0 Å². The summed E-state index contributed by atoms with van der Waals surface area (Å²) in [6.45, 7) is 1.84. The maximum absolute atomic E-state index is 12.4. The Morgan fingerprint density at radius 2 is 2.04 bits per heavy atom. The highest BCUT2D eigenvalue weighted by molar-refractivity contribution is 8.00. The van der Waals surface area contributed by atoms with E-state index in [0.29, 0.717) is 26.6 Å². The normalized spacial score (nSPS) is 16.4. The zero-order valence-corrected chi connectivity index (χ0v) is 16.7. The van der Waals surface area contributed by atoms with Gasteiger partial charge in [0.05, 0.1) is 10.3 Å². The monoisotopic (exact) mass is 413 g/mol. The molecule has 1 heterocycles. The summed E-state index contributed by atoms with van der Waals surface area (Å²) in [5.41, 5.74) is 0.598. The molecule has 1 aliphatic rings. The van der Waals surface area contributed by atoms with Crippen LogP contribution >= 0.6 is 35.0 Å². The summed E-state index contributed by atoms with van der Waals surface area (Å²) < 4.78 is 1.34. The Morgan fingerprint density at radius 1 is 1.31 bits per heavy atom. The number of thioether (sulfide) groups is 1. The van der Waals surface area contributed by atoms with E-state index in [9.17, 15) is 4.79 Å². The fourth-order valence-corrected chi connectivity index (χ4v) is 4.14. The van der Waals surface area contributed by atoms with Gasteiger partial charge in [-0.2, -0.15) is 0 Å². The van der Waals surface area contributed by atoms with Gasteiger partial charge in [-0.05, 0) is 38.0 Å². The van der Waals surface area contributed by atoms with Crippen molar-refractivity contribution in [3.8, 4) is 11.4 Å². The van der Waals surface area contributed by atoms with Crippen LogP contribution in [0.3, 0.4) is 0 Å². The van der Waals surface area contributed by atoms with Gasteiger partial charge in [-0.3, -0.25) is 4.79 Å². The number of hydrogen-bond donors (Lipinski definition) is 2. The number of hydrogen-bond acceptors (Lipinski definition) is 5. The lowest BCUT2D eigenvalue weighted by Crippen LogP contribution is -2.40. The predicted octanol–water partition coefficient (Wildman–Crippen LogP) is 3.90. The molecule has 1 saturated carbocycles. The van der Waals surface area contributed by atoms with Gasteiger partial charge in [0.2, 0.25) is 11.1 Å². The Labute approximate surface area is 166 Å². The average molecular weight is 414 g/mol. The molecule has 9 heteroatoms. The second-order valence-corrected chi connectivity index (χ2v) is 8.56. The van der Waals surface area contributed by atoms with E-state index in [1.807, 2.05) is 6.92 Å². The quantitative estimate of drug-likeness (QED) is 0.573. The zero-order valence-electron chi connectivity index (χ0n) is 14.4. The third kappa shape index (κ3) is 4.45. The van der Waals surface area contributed by atoms with Crippen LogP contribution in [-0.2, 0) is 4.79 Å². The molecule has 140 valence electrons. The van der Waals surface area contributed by atoms with Crippen LogP contribution in [0.5, 0.6) is 0 Å². The zero-order chi connectivity index (χ0) is 18.7. The van der Waals surface area contributed by atoms with Crippen molar-refractivity contribution < 1.29 is 4.79 Å². The van der Waals surface area contributed by atoms with Gasteiger partial charge in [-0.15, -0.1) is 10.2 Å². The number of amides is 1. The van der Waals surface area contributed by atoms with Crippen LogP contribution < -0.4 is 11.2 Å². The van der Waals surface area contributed by atoms with Crippen molar-refractivity contribution in [2.24, 2.45) is 0 Å². The first kappa shape index (κ1) is 19.3. The fourth-order valence-electron chi connectivity index (χ4n) is 2.99. The van der Waals surface area contributed by atoms with Crippen molar-refractivity contribution in [2.45, 2.75) is 55.5 Å². The van der Waals surface area contributed by atoms with Crippen LogP contribution in [0.15, 0.2) is 23.4 Å². The Hall–Kier alpha value is -1.44. The molecule has 3 rings (SSSR count). The molecule has 1 aromatic heterocycles. The van der Waals surface area contributed by atoms with E-state index in [4.69, 9.17) is 29.0 Å². The molecule has 1 aromatic carbocycles. The lowest BCUT2D eigenvalue weighted by molar-refractivity contribution is -0.121. The minimum atomic E-state index is -0.328. The van der Waals surface area contributed by atoms with Gasteiger partial charge in [0.15, 0.2) is 5.82 Å². The molecule has 6 nitrogen and oxygen atoms in total. The van der Waals surface area contributed by atoms with Gasteiger partial charge in [0, 0.05) is 16.6 Å². The van der Waals surface area contributed by atoms with Crippen LogP contribution in [0, 0.1) is 0 Å². The van der Waals surface area contributed by atoms with Crippen molar-refractivity contribution >= 4 is 40.9 Å². The minimum absolute atomic E-state index is 0.00719. The fraction of sp³-hybridized carbons (Fsp3) is 0.471. The molecule has 0 aliphatic heterocycles.